The SMILES string of the molecule is CC(C(=O)NCC1NCCc2ccccc21)N1CCN(c2ccc(F)cc2)CC1.Cl.Cl. The molecule has 170 valence electrons. The first-order chi connectivity index (χ1) is 14.1. The van der Waals surface area contributed by atoms with E-state index in [0.717, 1.165) is 44.8 Å². The first-order valence-electron chi connectivity index (χ1n) is 10.5. The minimum absolute atomic E-state index is 0. The van der Waals surface area contributed by atoms with Crippen molar-refractivity contribution in [3.05, 3.63) is 65.5 Å². The van der Waals surface area contributed by atoms with Crippen LogP contribution >= 0.6 is 24.8 Å². The third-order valence-electron chi connectivity index (χ3n) is 6.13. The fourth-order valence-electron chi connectivity index (χ4n) is 4.31. The van der Waals surface area contributed by atoms with Crippen LogP contribution in [0.2, 0.25) is 0 Å². The van der Waals surface area contributed by atoms with E-state index in [9.17, 15) is 9.18 Å². The number of anilines is 1. The van der Waals surface area contributed by atoms with Gasteiger partial charge in [-0.1, -0.05) is 24.3 Å². The Morgan fingerprint density at radius 2 is 1.77 bits per heavy atom. The standard InChI is InChI=1S/C23H29FN4O.2ClH/c1-17(27-12-14-28(15-13-27)20-8-6-19(24)7-9-20)23(29)26-16-22-21-5-3-2-4-18(21)10-11-25-22;;/h2-9,17,22,25H,10-16H2,1H3,(H,26,29);2*1H. The summed E-state index contributed by atoms with van der Waals surface area (Å²) in [5, 5.41) is 6.66. The van der Waals surface area contributed by atoms with Crippen molar-refractivity contribution >= 4 is 36.4 Å². The van der Waals surface area contributed by atoms with E-state index in [2.05, 4.69) is 44.7 Å². The van der Waals surface area contributed by atoms with Gasteiger partial charge in [-0.05, 0) is 55.3 Å². The summed E-state index contributed by atoms with van der Waals surface area (Å²) in [6, 6.07) is 15.1. The molecule has 0 spiro atoms. The molecule has 2 aromatic rings. The predicted molar refractivity (Wildman–Crippen MR) is 128 cm³/mol. The van der Waals surface area contributed by atoms with Crippen molar-refractivity contribution in [2.45, 2.75) is 25.4 Å². The van der Waals surface area contributed by atoms with Gasteiger partial charge in [-0.2, -0.15) is 0 Å². The van der Waals surface area contributed by atoms with E-state index < -0.39 is 0 Å². The van der Waals surface area contributed by atoms with Crippen molar-refractivity contribution in [3.8, 4) is 0 Å². The molecule has 2 aliphatic heterocycles. The Bertz CT molecular complexity index is 844. The molecular formula is C23H31Cl2FN4O. The van der Waals surface area contributed by atoms with Gasteiger partial charge in [0, 0.05) is 44.5 Å². The van der Waals surface area contributed by atoms with Gasteiger partial charge in [0.25, 0.3) is 0 Å². The molecule has 1 amide bonds. The second-order valence-electron chi connectivity index (χ2n) is 7.88. The predicted octanol–water partition coefficient (Wildman–Crippen LogP) is 3.18. The number of fused-ring (bicyclic) bond motifs is 1. The average Bonchev–Trinajstić information content (AvgIpc) is 2.77. The molecule has 5 nitrogen and oxygen atoms in total. The van der Waals surface area contributed by atoms with Crippen LogP contribution in [0.5, 0.6) is 0 Å². The van der Waals surface area contributed by atoms with Gasteiger partial charge >= 0.3 is 0 Å². The third-order valence-corrected chi connectivity index (χ3v) is 6.13. The molecule has 2 aromatic carbocycles. The lowest BCUT2D eigenvalue weighted by molar-refractivity contribution is -0.126. The Kier molecular flexibility index (Phi) is 9.56. The highest BCUT2D eigenvalue weighted by atomic mass is 35.5. The number of hydrogen-bond donors (Lipinski definition) is 2. The molecule has 0 radical (unpaired) electrons. The van der Waals surface area contributed by atoms with Gasteiger partial charge in [-0.3, -0.25) is 9.69 Å². The van der Waals surface area contributed by atoms with Crippen molar-refractivity contribution in [2.24, 2.45) is 0 Å². The number of halogens is 3. The summed E-state index contributed by atoms with van der Waals surface area (Å²) in [5.74, 6) is -0.141. The summed E-state index contributed by atoms with van der Waals surface area (Å²) in [4.78, 5) is 17.2. The van der Waals surface area contributed by atoms with Gasteiger partial charge in [-0.15, -0.1) is 24.8 Å². The van der Waals surface area contributed by atoms with E-state index in [4.69, 9.17) is 0 Å². The summed E-state index contributed by atoms with van der Waals surface area (Å²) < 4.78 is 13.1. The van der Waals surface area contributed by atoms with Crippen LogP contribution in [0.15, 0.2) is 48.5 Å². The van der Waals surface area contributed by atoms with Gasteiger partial charge in [0.2, 0.25) is 5.91 Å². The maximum absolute atomic E-state index is 13.1. The summed E-state index contributed by atoms with van der Waals surface area (Å²) in [7, 11) is 0. The summed E-state index contributed by atoms with van der Waals surface area (Å²) in [6.07, 6.45) is 1.04. The van der Waals surface area contributed by atoms with Gasteiger partial charge in [0.05, 0.1) is 6.04 Å². The zero-order valence-electron chi connectivity index (χ0n) is 17.7. The topological polar surface area (TPSA) is 47.6 Å². The van der Waals surface area contributed by atoms with Crippen LogP contribution < -0.4 is 15.5 Å². The number of benzene rings is 2. The highest BCUT2D eigenvalue weighted by Gasteiger charge is 2.27. The van der Waals surface area contributed by atoms with Crippen LogP contribution in [0, 0.1) is 5.82 Å². The van der Waals surface area contributed by atoms with Gasteiger partial charge in [0.1, 0.15) is 5.82 Å². The zero-order chi connectivity index (χ0) is 20.2. The number of nitrogens with one attached hydrogen (secondary N) is 2. The van der Waals surface area contributed by atoms with Crippen molar-refractivity contribution in [1.29, 1.82) is 0 Å². The summed E-state index contributed by atoms with van der Waals surface area (Å²) in [6.45, 7) is 6.83. The average molecular weight is 469 g/mol. The van der Waals surface area contributed by atoms with E-state index in [1.165, 1.54) is 23.3 Å². The van der Waals surface area contributed by atoms with Crippen LogP contribution in [0.4, 0.5) is 10.1 Å². The van der Waals surface area contributed by atoms with Crippen LogP contribution in [0.25, 0.3) is 0 Å². The van der Waals surface area contributed by atoms with E-state index in [1.807, 2.05) is 19.1 Å². The normalized spacial score (nSPS) is 19.4. The Balaban J connectivity index is 0.00000171. The number of rotatable bonds is 5. The molecule has 1 saturated heterocycles. The molecule has 0 aliphatic carbocycles. The molecule has 0 aromatic heterocycles. The first-order valence-corrected chi connectivity index (χ1v) is 10.5. The van der Waals surface area contributed by atoms with Crippen molar-refractivity contribution in [3.63, 3.8) is 0 Å². The lowest BCUT2D eigenvalue weighted by Crippen LogP contribution is -2.54. The Labute approximate surface area is 196 Å². The minimum atomic E-state index is -0.215. The lowest BCUT2D eigenvalue weighted by atomic mass is 9.94. The number of nitrogens with zero attached hydrogens (tertiary/aromatic N) is 2. The molecule has 2 atom stereocenters. The third kappa shape index (κ3) is 6.10. The van der Waals surface area contributed by atoms with Crippen molar-refractivity contribution in [1.82, 2.24) is 15.5 Å². The number of carbonyl (C=O) groups excluding carboxylic acids is 1. The minimum Gasteiger partial charge on any atom is -0.369 e. The van der Waals surface area contributed by atoms with E-state index >= 15 is 0 Å². The maximum atomic E-state index is 13.1. The smallest absolute Gasteiger partial charge is 0.237 e. The first kappa shape index (κ1) is 25.4. The molecule has 2 heterocycles. The Hall–Kier alpha value is -1.86. The molecule has 0 bridgehead atoms. The fraction of sp³-hybridized carbons (Fsp3) is 0.435. The molecule has 2 unspecified atom stereocenters. The van der Waals surface area contributed by atoms with Crippen LogP contribution in [0.1, 0.15) is 24.1 Å². The fourth-order valence-corrected chi connectivity index (χ4v) is 4.31. The van der Waals surface area contributed by atoms with Crippen molar-refractivity contribution in [2.75, 3.05) is 44.2 Å². The van der Waals surface area contributed by atoms with Gasteiger partial charge < -0.3 is 15.5 Å². The number of carbonyl (C=O) groups is 1. The zero-order valence-corrected chi connectivity index (χ0v) is 19.4. The van der Waals surface area contributed by atoms with E-state index in [0.29, 0.717) is 6.54 Å². The molecule has 4 rings (SSSR count). The van der Waals surface area contributed by atoms with Crippen LogP contribution in [0.3, 0.4) is 0 Å². The van der Waals surface area contributed by atoms with Gasteiger partial charge in [0.15, 0.2) is 0 Å². The Morgan fingerprint density at radius 3 is 2.48 bits per heavy atom. The largest absolute Gasteiger partial charge is 0.369 e. The molecule has 2 N–H and O–H groups in total. The second-order valence-corrected chi connectivity index (χ2v) is 7.88. The van der Waals surface area contributed by atoms with Gasteiger partial charge in [-0.25, -0.2) is 4.39 Å². The maximum Gasteiger partial charge on any atom is 0.237 e. The Morgan fingerprint density at radius 1 is 1.10 bits per heavy atom. The molecule has 1 fully saturated rings. The van der Waals surface area contributed by atoms with Crippen LogP contribution in [-0.4, -0.2) is 56.1 Å². The highest BCUT2D eigenvalue weighted by Crippen LogP contribution is 2.22. The van der Waals surface area contributed by atoms with E-state index in [1.54, 1.807) is 0 Å². The molecule has 2 aliphatic rings. The molecule has 8 heteroatoms. The second kappa shape index (κ2) is 11.7. The monoisotopic (exact) mass is 468 g/mol. The van der Waals surface area contributed by atoms with Crippen LogP contribution in [-0.2, 0) is 11.2 Å². The lowest BCUT2D eigenvalue weighted by Gasteiger charge is -2.38. The quantitative estimate of drug-likeness (QED) is 0.707. The van der Waals surface area contributed by atoms with Crippen molar-refractivity contribution < 1.29 is 9.18 Å². The highest BCUT2D eigenvalue weighted by molar-refractivity contribution is 5.85. The number of amides is 1. The molecule has 0 saturated carbocycles. The molecule has 31 heavy (non-hydrogen) atoms. The summed E-state index contributed by atoms with van der Waals surface area (Å²) in [5.41, 5.74) is 3.69. The number of piperazine rings is 1. The van der Waals surface area contributed by atoms with E-state index in [-0.39, 0.29) is 48.6 Å². The molecular weight excluding hydrogens is 438 g/mol. The summed E-state index contributed by atoms with van der Waals surface area (Å²) >= 11 is 0. The number of hydrogen-bond acceptors (Lipinski definition) is 4.